The summed E-state index contributed by atoms with van der Waals surface area (Å²) in [5.41, 5.74) is 0.384. The lowest BCUT2D eigenvalue weighted by atomic mass is 10.2. The van der Waals surface area contributed by atoms with Gasteiger partial charge in [-0.3, -0.25) is 14.9 Å². The molecule has 9 nitrogen and oxygen atoms in total. The Bertz CT molecular complexity index is 905. The van der Waals surface area contributed by atoms with E-state index in [4.69, 9.17) is 4.74 Å². The maximum Gasteiger partial charge on any atom is 0.296 e. The second-order valence-corrected chi connectivity index (χ2v) is 4.54. The van der Waals surface area contributed by atoms with Gasteiger partial charge in [0.1, 0.15) is 17.0 Å². The number of nitrogens with one attached hydrogen (secondary N) is 1. The highest BCUT2D eigenvalue weighted by Gasteiger charge is 2.20. The first-order valence-electron chi connectivity index (χ1n) is 6.52. The van der Waals surface area contributed by atoms with Crippen molar-refractivity contribution in [3.63, 3.8) is 0 Å². The molecule has 0 aliphatic rings. The molecule has 1 N–H and O–H groups in total. The highest BCUT2D eigenvalue weighted by atomic mass is 16.6. The van der Waals surface area contributed by atoms with Crippen LogP contribution in [-0.4, -0.2) is 32.5 Å². The predicted molar refractivity (Wildman–Crippen MR) is 80.6 cm³/mol. The Morgan fingerprint density at radius 3 is 3.00 bits per heavy atom. The number of hydrogen-bond acceptors (Lipinski definition) is 6. The van der Waals surface area contributed by atoms with Gasteiger partial charge in [-0.1, -0.05) is 0 Å². The second-order valence-electron chi connectivity index (χ2n) is 4.54. The fourth-order valence-corrected chi connectivity index (χ4v) is 2.07. The van der Waals surface area contributed by atoms with Crippen LogP contribution in [0.1, 0.15) is 10.4 Å². The van der Waals surface area contributed by atoms with Gasteiger partial charge in [-0.25, -0.2) is 9.50 Å². The first-order chi connectivity index (χ1) is 11.1. The third kappa shape index (κ3) is 2.67. The summed E-state index contributed by atoms with van der Waals surface area (Å²) in [5, 5.41) is 17.7. The minimum atomic E-state index is -0.591. The number of ether oxygens (including phenoxy) is 1. The van der Waals surface area contributed by atoms with E-state index in [0.29, 0.717) is 11.4 Å². The maximum absolute atomic E-state index is 12.4. The van der Waals surface area contributed by atoms with Crippen molar-refractivity contribution in [3.05, 3.63) is 58.5 Å². The molecule has 1 amide bonds. The Kier molecular flexibility index (Phi) is 3.59. The molecule has 0 atom stereocenters. The van der Waals surface area contributed by atoms with Crippen LogP contribution >= 0.6 is 0 Å². The van der Waals surface area contributed by atoms with Gasteiger partial charge in [0, 0.05) is 12.4 Å². The van der Waals surface area contributed by atoms with Crippen LogP contribution in [0.5, 0.6) is 5.75 Å². The van der Waals surface area contributed by atoms with Crippen LogP contribution in [0.4, 0.5) is 11.4 Å². The molecular formula is C14H11N5O4. The van der Waals surface area contributed by atoms with Gasteiger partial charge in [-0.05, 0) is 18.2 Å². The molecule has 2 heterocycles. The summed E-state index contributed by atoms with van der Waals surface area (Å²) in [4.78, 5) is 27.0. The molecule has 3 aromatic rings. The Morgan fingerprint density at radius 1 is 1.43 bits per heavy atom. The molecule has 3 rings (SSSR count). The van der Waals surface area contributed by atoms with E-state index >= 15 is 0 Å². The molecule has 9 heteroatoms. The van der Waals surface area contributed by atoms with E-state index in [9.17, 15) is 14.9 Å². The van der Waals surface area contributed by atoms with Gasteiger partial charge in [0.15, 0.2) is 5.65 Å². The molecular weight excluding hydrogens is 302 g/mol. The summed E-state index contributed by atoms with van der Waals surface area (Å²) in [6.45, 7) is 0. The van der Waals surface area contributed by atoms with Gasteiger partial charge in [0.25, 0.3) is 11.6 Å². The summed E-state index contributed by atoms with van der Waals surface area (Å²) >= 11 is 0. The average Bonchev–Trinajstić information content (AvgIpc) is 2.99. The van der Waals surface area contributed by atoms with Crippen molar-refractivity contribution < 1.29 is 14.5 Å². The van der Waals surface area contributed by atoms with Crippen molar-refractivity contribution in [1.82, 2.24) is 14.6 Å². The summed E-state index contributed by atoms with van der Waals surface area (Å²) in [6, 6.07) is 5.85. The smallest absolute Gasteiger partial charge is 0.296 e. The molecule has 0 aliphatic carbocycles. The lowest BCUT2D eigenvalue weighted by molar-refractivity contribution is -0.384. The van der Waals surface area contributed by atoms with E-state index in [1.807, 2.05) is 0 Å². The van der Waals surface area contributed by atoms with Crippen molar-refractivity contribution in [2.24, 2.45) is 0 Å². The van der Waals surface area contributed by atoms with Crippen LogP contribution in [0.2, 0.25) is 0 Å². The van der Waals surface area contributed by atoms with E-state index in [0.717, 1.165) is 0 Å². The normalized spacial score (nSPS) is 10.5. The molecule has 1 aromatic carbocycles. The van der Waals surface area contributed by atoms with Gasteiger partial charge in [0.05, 0.1) is 24.3 Å². The molecule has 0 fully saturated rings. The number of benzene rings is 1. The number of amides is 1. The van der Waals surface area contributed by atoms with Crippen LogP contribution in [0.15, 0.2) is 42.9 Å². The number of rotatable bonds is 4. The Labute approximate surface area is 129 Å². The number of nitrogens with zero attached hydrogens (tertiary/aromatic N) is 4. The van der Waals surface area contributed by atoms with E-state index in [1.54, 1.807) is 12.3 Å². The van der Waals surface area contributed by atoms with Gasteiger partial charge in [-0.15, -0.1) is 0 Å². The number of methoxy groups -OCH3 is 1. The lowest BCUT2D eigenvalue weighted by Crippen LogP contribution is -2.13. The number of carbonyl (C=O) groups excluding carboxylic acids is 1. The molecule has 23 heavy (non-hydrogen) atoms. The molecule has 2 aromatic heterocycles. The fraction of sp³-hybridized carbons (Fsp3) is 0.0714. The number of hydrogen-bond donors (Lipinski definition) is 1. The zero-order valence-corrected chi connectivity index (χ0v) is 12.0. The van der Waals surface area contributed by atoms with E-state index in [2.05, 4.69) is 15.4 Å². The molecule has 0 aliphatic heterocycles. The monoisotopic (exact) mass is 313 g/mol. The first kappa shape index (κ1) is 14.4. The van der Waals surface area contributed by atoms with Crippen molar-refractivity contribution in [3.8, 4) is 5.75 Å². The summed E-state index contributed by atoms with van der Waals surface area (Å²) in [5.74, 6) is -0.209. The standard InChI is InChI=1S/C14H11N5O4/c1-23-9-3-4-11(12(7-9)19(21)22)17-14(20)10-8-16-18-6-2-5-15-13(10)18/h2-8H,1H3,(H,17,20). The lowest BCUT2D eigenvalue weighted by Gasteiger charge is -2.06. The second kappa shape index (κ2) is 5.72. The largest absolute Gasteiger partial charge is 0.496 e. The highest BCUT2D eigenvalue weighted by molar-refractivity contribution is 6.09. The molecule has 0 unspecified atom stereocenters. The van der Waals surface area contributed by atoms with Crippen molar-refractivity contribution in [2.45, 2.75) is 0 Å². The Hall–Kier alpha value is -3.49. The molecule has 0 spiro atoms. The van der Waals surface area contributed by atoms with Crippen LogP contribution in [0, 0.1) is 10.1 Å². The number of aromatic nitrogens is 3. The molecule has 0 saturated heterocycles. The maximum atomic E-state index is 12.4. The third-order valence-corrected chi connectivity index (χ3v) is 3.17. The third-order valence-electron chi connectivity index (χ3n) is 3.17. The zero-order chi connectivity index (χ0) is 16.4. The van der Waals surface area contributed by atoms with Crippen LogP contribution < -0.4 is 10.1 Å². The zero-order valence-electron chi connectivity index (χ0n) is 12.0. The molecule has 0 radical (unpaired) electrons. The van der Waals surface area contributed by atoms with Crippen molar-refractivity contribution in [1.29, 1.82) is 0 Å². The van der Waals surface area contributed by atoms with E-state index < -0.39 is 10.8 Å². The number of anilines is 1. The molecule has 116 valence electrons. The average molecular weight is 313 g/mol. The summed E-state index contributed by atoms with van der Waals surface area (Å²) < 4.78 is 6.40. The first-order valence-corrected chi connectivity index (χ1v) is 6.52. The quantitative estimate of drug-likeness (QED) is 0.581. The van der Waals surface area contributed by atoms with Gasteiger partial charge < -0.3 is 10.1 Å². The SMILES string of the molecule is COc1ccc(NC(=O)c2cnn3cccnc23)c([N+](=O)[O-])c1. The number of carbonyl (C=O) groups is 1. The van der Waals surface area contributed by atoms with Gasteiger partial charge in [-0.2, -0.15) is 5.10 Å². The summed E-state index contributed by atoms with van der Waals surface area (Å²) in [6.07, 6.45) is 4.53. The Balaban J connectivity index is 1.95. The van der Waals surface area contributed by atoms with Crippen LogP contribution in [0.25, 0.3) is 5.65 Å². The minimum Gasteiger partial charge on any atom is -0.496 e. The number of nitro benzene ring substituents is 1. The minimum absolute atomic E-state index is 0.0658. The van der Waals surface area contributed by atoms with Gasteiger partial charge in [0.2, 0.25) is 0 Å². The van der Waals surface area contributed by atoms with Crippen molar-refractivity contribution in [2.75, 3.05) is 12.4 Å². The van der Waals surface area contributed by atoms with Crippen LogP contribution in [-0.2, 0) is 0 Å². The number of fused-ring (bicyclic) bond motifs is 1. The number of nitro groups is 1. The predicted octanol–water partition coefficient (Wildman–Crippen LogP) is 1.90. The van der Waals surface area contributed by atoms with Crippen LogP contribution in [0.3, 0.4) is 0 Å². The topological polar surface area (TPSA) is 112 Å². The highest BCUT2D eigenvalue weighted by Crippen LogP contribution is 2.29. The van der Waals surface area contributed by atoms with E-state index in [-0.39, 0.29) is 16.9 Å². The van der Waals surface area contributed by atoms with E-state index in [1.165, 1.54) is 42.2 Å². The van der Waals surface area contributed by atoms with Gasteiger partial charge >= 0.3 is 0 Å². The van der Waals surface area contributed by atoms with Crippen molar-refractivity contribution >= 4 is 22.9 Å². The Morgan fingerprint density at radius 2 is 2.26 bits per heavy atom. The summed E-state index contributed by atoms with van der Waals surface area (Å²) in [7, 11) is 1.40. The molecule has 0 bridgehead atoms. The fourth-order valence-electron chi connectivity index (χ4n) is 2.07. The molecule has 0 saturated carbocycles.